The van der Waals surface area contributed by atoms with E-state index in [1.165, 1.54) is 0 Å². The van der Waals surface area contributed by atoms with Gasteiger partial charge in [0.05, 0.1) is 11.2 Å². The van der Waals surface area contributed by atoms with E-state index in [9.17, 15) is 5.11 Å². The third kappa shape index (κ3) is 17.3. The van der Waals surface area contributed by atoms with Crippen molar-refractivity contribution in [1.29, 1.82) is 0 Å². The lowest BCUT2D eigenvalue weighted by atomic mass is 10.1. The number of benzene rings is 1. The Morgan fingerprint density at radius 3 is 1.83 bits per heavy atom. The van der Waals surface area contributed by atoms with Crippen LogP contribution < -0.4 is 0 Å². The van der Waals surface area contributed by atoms with Crippen molar-refractivity contribution in [3.8, 4) is 5.75 Å². The van der Waals surface area contributed by atoms with Crippen LogP contribution in [0.5, 0.6) is 5.75 Å². The number of aromatic hydroxyl groups is 1. The maximum atomic E-state index is 9.47. The van der Waals surface area contributed by atoms with Gasteiger partial charge in [0.15, 0.2) is 0 Å². The minimum absolute atomic E-state index is 0.328. The molecule has 3 nitrogen and oxygen atoms in total. The second-order valence-electron chi connectivity index (χ2n) is 6.97. The Morgan fingerprint density at radius 2 is 1.52 bits per heavy atom. The molecule has 0 aliphatic rings. The largest absolute Gasteiger partial charge is 0.507 e. The van der Waals surface area contributed by atoms with Crippen LogP contribution >= 0.6 is 15.9 Å². The van der Waals surface area contributed by atoms with Gasteiger partial charge < -0.3 is 15.3 Å². The Balaban J connectivity index is 0. The van der Waals surface area contributed by atoms with E-state index >= 15 is 0 Å². The highest BCUT2D eigenvalue weighted by Crippen LogP contribution is 2.27. The van der Waals surface area contributed by atoms with E-state index in [4.69, 9.17) is 10.2 Å². The lowest BCUT2D eigenvalue weighted by molar-refractivity contribution is 0.0764. The van der Waals surface area contributed by atoms with Gasteiger partial charge in [-0.3, -0.25) is 0 Å². The minimum atomic E-state index is -0.500. The van der Waals surface area contributed by atoms with Gasteiger partial charge in [-0.2, -0.15) is 0 Å². The molecule has 1 aromatic carbocycles. The summed E-state index contributed by atoms with van der Waals surface area (Å²) in [5.74, 6) is 0.328. The standard InChI is InChI=1S/C10H11BrO.C5H12O.C4H10O/c1-3-7(2)9-6-8(11)4-5-10(9)12;1-4-5(2,3)6;1-4(2,3)5/h3-6,12H,1-2H3;6H,4H2,1-3H3;5H,1-3H3/b7-3+;;. The summed E-state index contributed by atoms with van der Waals surface area (Å²) in [6, 6.07) is 5.42. The van der Waals surface area contributed by atoms with Gasteiger partial charge in [-0.15, -0.1) is 0 Å². The second kappa shape index (κ2) is 10.8. The molecule has 0 radical (unpaired) electrons. The van der Waals surface area contributed by atoms with Crippen LogP contribution in [-0.2, 0) is 0 Å². The lowest BCUT2D eigenvalue weighted by Crippen LogP contribution is -2.15. The molecule has 0 aliphatic carbocycles. The first-order valence-electron chi connectivity index (χ1n) is 7.77. The molecule has 0 heterocycles. The number of phenolic OH excluding ortho intramolecular Hbond substituents is 1. The van der Waals surface area contributed by atoms with Crippen LogP contribution in [0.3, 0.4) is 0 Å². The number of allylic oxidation sites excluding steroid dienone is 2. The van der Waals surface area contributed by atoms with Crippen molar-refractivity contribution in [1.82, 2.24) is 0 Å². The zero-order valence-corrected chi connectivity index (χ0v) is 17.3. The smallest absolute Gasteiger partial charge is 0.123 e. The fourth-order valence-electron chi connectivity index (χ4n) is 0.980. The highest BCUT2D eigenvalue weighted by Gasteiger charge is 2.05. The molecule has 0 aromatic heterocycles. The van der Waals surface area contributed by atoms with Crippen LogP contribution in [0, 0.1) is 0 Å². The summed E-state index contributed by atoms with van der Waals surface area (Å²) in [7, 11) is 0. The van der Waals surface area contributed by atoms with Crippen molar-refractivity contribution in [2.45, 2.75) is 73.0 Å². The number of phenols is 1. The minimum Gasteiger partial charge on any atom is -0.507 e. The van der Waals surface area contributed by atoms with Crippen molar-refractivity contribution in [3.63, 3.8) is 0 Å². The molecule has 134 valence electrons. The molecule has 0 amide bonds. The zero-order chi connectivity index (χ0) is 18.8. The Morgan fingerprint density at radius 1 is 1.13 bits per heavy atom. The average molecular weight is 389 g/mol. The van der Waals surface area contributed by atoms with E-state index in [-0.39, 0.29) is 0 Å². The molecule has 23 heavy (non-hydrogen) atoms. The first kappa shape index (κ1) is 24.4. The Bertz CT molecular complexity index is 474. The zero-order valence-electron chi connectivity index (χ0n) is 15.7. The SMILES string of the molecule is C/C=C(\C)c1cc(Br)ccc1O.CC(C)(C)O.CCC(C)(C)O. The predicted octanol–water partition coefficient (Wildman–Crippen LogP) is 5.52. The average Bonchev–Trinajstić information content (AvgIpc) is 2.38. The van der Waals surface area contributed by atoms with Crippen molar-refractivity contribution >= 4 is 21.5 Å². The summed E-state index contributed by atoms with van der Waals surface area (Å²) in [6.45, 7) is 14.7. The van der Waals surface area contributed by atoms with Crippen molar-refractivity contribution in [3.05, 3.63) is 34.3 Å². The van der Waals surface area contributed by atoms with Gasteiger partial charge in [0, 0.05) is 10.0 Å². The molecule has 0 saturated heterocycles. The normalized spacial score (nSPS) is 11.9. The number of aliphatic hydroxyl groups is 2. The number of rotatable bonds is 2. The summed E-state index contributed by atoms with van der Waals surface area (Å²) in [4.78, 5) is 0. The number of hydrogen-bond acceptors (Lipinski definition) is 3. The Kier molecular flexibility index (Phi) is 11.5. The molecular weight excluding hydrogens is 356 g/mol. The first-order chi connectivity index (χ1) is 10.2. The molecule has 0 unspecified atom stereocenters. The van der Waals surface area contributed by atoms with E-state index < -0.39 is 11.2 Å². The van der Waals surface area contributed by atoms with Gasteiger partial charge in [-0.1, -0.05) is 28.9 Å². The van der Waals surface area contributed by atoms with Crippen LogP contribution in [-0.4, -0.2) is 26.5 Å². The maximum Gasteiger partial charge on any atom is 0.123 e. The quantitative estimate of drug-likeness (QED) is 0.624. The summed E-state index contributed by atoms with van der Waals surface area (Å²) in [5, 5.41) is 26.8. The van der Waals surface area contributed by atoms with Crippen molar-refractivity contribution < 1.29 is 15.3 Å². The van der Waals surface area contributed by atoms with Crippen molar-refractivity contribution in [2.75, 3.05) is 0 Å². The fraction of sp³-hybridized carbons (Fsp3) is 0.579. The van der Waals surface area contributed by atoms with Crippen LogP contribution in [0.1, 0.15) is 67.4 Å². The molecule has 0 saturated carbocycles. The molecule has 4 heteroatoms. The van der Waals surface area contributed by atoms with E-state index in [0.717, 1.165) is 22.0 Å². The highest BCUT2D eigenvalue weighted by molar-refractivity contribution is 9.10. The fourth-order valence-corrected chi connectivity index (χ4v) is 1.34. The lowest BCUT2D eigenvalue weighted by Gasteiger charge is -2.11. The summed E-state index contributed by atoms with van der Waals surface area (Å²) >= 11 is 3.36. The van der Waals surface area contributed by atoms with Gasteiger partial charge >= 0.3 is 0 Å². The number of hydrogen-bond donors (Lipinski definition) is 3. The molecule has 1 rings (SSSR count). The Labute approximate surface area is 150 Å². The van der Waals surface area contributed by atoms with Crippen LogP contribution in [0.4, 0.5) is 0 Å². The van der Waals surface area contributed by atoms with Gasteiger partial charge in [0.1, 0.15) is 5.75 Å². The van der Waals surface area contributed by atoms with Crippen LogP contribution in [0.15, 0.2) is 28.7 Å². The number of halogens is 1. The summed E-state index contributed by atoms with van der Waals surface area (Å²) in [6.07, 6.45) is 2.80. The maximum absolute atomic E-state index is 9.47. The van der Waals surface area contributed by atoms with E-state index in [2.05, 4.69) is 15.9 Å². The van der Waals surface area contributed by atoms with E-state index in [1.807, 2.05) is 39.0 Å². The summed E-state index contributed by atoms with van der Waals surface area (Å²) in [5.41, 5.74) is 1.00. The third-order valence-electron chi connectivity index (χ3n) is 2.68. The van der Waals surface area contributed by atoms with Gasteiger partial charge in [0.25, 0.3) is 0 Å². The topological polar surface area (TPSA) is 60.7 Å². The van der Waals surface area contributed by atoms with Gasteiger partial charge in [-0.25, -0.2) is 0 Å². The molecule has 0 bridgehead atoms. The van der Waals surface area contributed by atoms with Crippen LogP contribution in [0.2, 0.25) is 0 Å². The monoisotopic (exact) mass is 388 g/mol. The molecule has 3 N–H and O–H groups in total. The molecule has 0 aliphatic heterocycles. The molecule has 0 atom stereocenters. The highest BCUT2D eigenvalue weighted by atomic mass is 79.9. The molecule has 1 aromatic rings. The second-order valence-corrected chi connectivity index (χ2v) is 7.89. The van der Waals surface area contributed by atoms with Crippen molar-refractivity contribution in [2.24, 2.45) is 0 Å². The molecular formula is C19H33BrO3. The van der Waals surface area contributed by atoms with Gasteiger partial charge in [0.2, 0.25) is 0 Å². The summed E-state index contributed by atoms with van der Waals surface area (Å²) < 4.78 is 0.983. The predicted molar refractivity (Wildman–Crippen MR) is 104 cm³/mol. The van der Waals surface area contributed by atoms with Crippen LogP contribution in [0.25, 0.3) is 5.57 Å². The Hall–Kier alpha value is -0.840. The third-order valence-corrected chi connectivity index (χ3v) is 3.17. The molecule has 0 fully saturated rings. The van der Waals surface area contributed by atoms with Gasteiger partial charge in [-0.05, 0) is 78.7 Å². The van der Waals surface area contributed by atoms with E-state index in [1.54, 1.807) is 40.7 Å². The van der Waals surface area contributed by atoms with E-state index in [0.29, 0.717) is 5.75 Å². The molecule has 0 spiro atoms. The first-order valence-corrected chi connectivity index (χ1v) is 8.57.